The van der Waals surface area contributed by atoms with Gasteiger partial charge in [-0.2, -0.15) is 0 Å². The van der Waals surface area contributed by atoms with E-state index in [1.807, 2.05) is 18.3 Å². The highest BCUT2D eigenvalue weighted by molar-refractivity contribution is 7.15. The summed E-state index contributed by atoms with van der Waals surface area (Å²) < 4.78 is 5.20. The summed E-state index contributed by atoms with van der Waals surface area (Å²) in [7, 11) is 1.69. The van der Waals surface area contributed by atoms with Crippen LogP contribution in [-0.2, 0) is 13.1 Å². The zero-order chi connectivity index (χ0) is 13.9. The van der Waals surface area contributed by atoms with Crippen LogP contribution in [0.3, 0.4) is 0 Å². The number of nitrogen functional groups attached to an aromatic ring is 1. The molecule has 0 saturated heterocycles. The summed E-state index contributed by atoms with van der Waals surface area (Å²) in [5.74, 6) is 0.905. The molecule has 0 spiro atoms. The molecule has 0 amide bonds. The Bertz CT molecular complexity index is 569. The fourth-order valence-electron chi connectivity index (χ4n) is 2.32. The van der Waals surface area contributed by atoms with Gasteiger partial charge in [0.2, 0.25) is 0 Å². The van der Waals surface area contributed by atoms with Crippen molar-refractivity contribution >= 4 is 28.9 Å². The van der Waals surface area contributed by atoms with Crippen molar-refractivity contribution in [2.24, 2.45) is 0 Å². The number of methoxy groups -OCH3 is 1. The molecule has 0 bridgehead atoms. The Morgan fingerprint density at radius 1 is 1.29 bits per heavy atom. The van der Waals surface area contributed by atoms with E-state index in [9.17, 15) is 0 Å². The maximum absolute atomic E-state index is 5.71. The Kier molecular flexibility index (Phi) is 5.45. The molecule has 21 heavy (non-hydrogen) atoms. The Morgan fingerprint density at radius 2 is 2.00 bits per heavy atom. The Balaban J connectivity index is 0.00000161. The van der Waals surface area contributed by atoms with Gasteiger partial charge in [-0.25, -0.2) is 4.98 Å². The molecular weight excluding hydrogens is 306 g/mol. The van der Waals surface area contributed by atoms with Crippen LogP contribution in [0, 0.1) is 0 Å². The fourth-order valence-corrected chi connectivity index (χ4v) is 3.02. The molecule has 3 rings (SSSR count). The van der Waals surface area contributed by atoms with Crippen molar-refractivity contribution in [3.8, 4) is 5.75 Å². The summed E-state index contributed by atoms with van der Waals surface area (Å²) in [6, 6.07) is 9.01. The number of benzene rings is 1. The van der Waals surface area contributed by atoms with E-state index in [0.29, 0.717) is 11.2 Å². The predicted molar refractivity (Wildman–Crippen MR) is 89.0 cm³/mol. The van der Waals surface area contributed by atoms with Crippen molar-refractivity contribution < 1.29 is 4.74 Å². The maximum atomic E-state index is 5.71. The molecule has 1 heterocycles. The zero-order valence-corrected chi connectivity index (χ0v) is 13.6. The number of hydrogen-bond donors (Lipinski definition) is 1. The van der Waals surface area contributed by atoms with Crippen molar-refractivity contribution in [2.45, 2.75) is 32.0 Å². The number of aromatic nitrogens is 1. The SMILES string of the molecule is COc1ccc(CN(Cc2cnc(N)s2)C2CC2)cc1.Cl. The predicted octanol–water partition coefficient (Wildman–Crippen LogP) is 3.32. The molecule has 1 aromatic heterocycles. The molecule has 0 atom stereocenters. The second-order valence-corrected chi connectivity index (χ2v) is 6.30. The van der Waals surface area contributed by atoms with Gasteiger partial charge in [0.05, 0.1) is 7.11 Å². The van der Waals surface area contributed by atoms with Crippen LogP contribution in [0.1, 0.15) is 23.3 Å². The summed E-state index contributed by atoms with van der Waals surface area (Å²) in [4.78, 5) is 7.88. The van der Waals surface area contributed by atoms with Crippen molar-refractivity contribution in [2.75, 3.05) is 12.8 Å². The molecule has 2 aromatic rings. The van der Waals surface area contributed by atoms with E-state index >= 15 is 0 Å². The van der Waals surface area contributed by atoms with Crippen molar-refractivity contribution in [1.29, 1.82) is 0 Å². The lowest BCUT2D eigenvalue weighted by atomic mass is 10.2. The van der Waals surface area contributed by atoms with E-state index in [1.54, 1.807) is 18.4 Å². The largest absolute Gasteiger partial charge is 0.497 e. The number of rotatable bonds is 6. The highest BCUT2D eigenvalue weighted by Crippen LogP contribution is 2.31. The molecule has 2 N–H and O–H groups in total. The Labute approximate surface area is 135 Å². The third-order valence-corrected chi connectivity index (χ3v) is 4.35. The third kappa shape index (κ3) is 4.33. The van der Waals surface area contributed by atoms with Gasteiger partial charge in [-0.1, -0.05) is 12.1 Å². The number of thiazole rings is 1. The molecule has 114 valence electrons. The second-order valence-electron chi connectivity index (χ2n) is 5.15. The molecule has 0 unspecified atom stereocenters. The lowest BCUT2D eigenvalue weighted by Gasteiger charge is -2.21. The fraction of sp³-hybridized carbons (Fsp3) is 0.400. The molecule has 1 aliphatic carbocycles. The van der Waals surface area contributed by atoms with Gasteiger partial charge in [0.15, 0.2) is 5.13 Å². The number of hydrogen-bond acceptors (Lipinski definition) is 5. The maximum Gasteiger partial charge on any atom is 0.180 e. The molecule has 0 radical (unpaired) electrons. The first-order valence-electron chi connectivity index (χ1n) is 6.82. The smallest absolute Gasteiger partial charge is 0.180 e. The van der Waals surface area contributed by atoms with Gasteiger partial charge in [0, 0.05) is 30.2 Å². The monoisotopic (exact) mass is 325 g/mol. The summed E-state index contributed by atoms with van der Waals surface area (Å²) in [6.07, 6.45) is 4.48. The van der Waals surface area contributed by atoms with Crippen LogP contribution in [0.2, 0.25) is 0 Å². The first-order chi connectivity index (χ1) is 9.74. The van der Waals surface area contributed by atoms with E-state index in [2.05, 4.69) is 22.0 Å². The van der Waals surface area contributed by atoms with Crippen LogP contribution in [0.25, 0.3) is 0 Å². The number of anilines is 1. The van der Waals surface area contributed by atoms with Gasteiger partial charge in [-0.15, -0.1) is 23.7 Å². The normalized spacial score (nSPS) is 14.0. The summed E-state index contributed by atoms with van der Waals surface area (Å²) in [6.45, 7) is 1.90. The van der Waals surface area contributed by atoms with Crippen LogP contribution in [-0.4, -0.2) is 23.0 Å². The van der Waals surface area contributed by atoms with Gasteiger partial charge in [0.25, 0.3) is 0 Å². The summed E-state index contributed by atoms with van der Waals surface area (Å²) in [5, 5.41) is 0.653. The average molecular weight is 326 g/mol. The third-order valence-electron chi connectivity index (χ3n) is 3.54. The van der Waals surface area contributed by atoms with Gasteiger partial charge in [-0.3, -0.25) is 4.90 Å². The number of ether oxygens (including phenoxy) is 1. The van der Waals surface area contributed by atoms with Crippen molar-refractivity contribution in [1.82, 2.24) is 9.88 Å². The van der Waals surface area contributed by atoms with Crippen LogP contribution >= 0.6 is 23.7 Å². The van der Waals surface area contributed by atoms with Crippen LogP contribution in [0.4, 0.5) is 5.13 Å². The lowest BCUT2D eigenvalue weighted by molar-refractivity contribution is 0.248. The molecule has 1 aliphatic rings. The standard InChI is InChI=1S/C15H19N3OS.ClH/c1-19-13-6-2-11(3-7-13)9-18(12-4-5-12)10-14-8-17-15(16)20-14;/h2-3,6-8,12H,4-5,9-10H2,1H3,(H2,16,17);1H. The highest BCUT2D eigenvalue weighted by Gasteiger charge is 2.29. The molecule has 1 saturated carbocycles. The molecule has 6 heteroatoms. The molecule has 1 fully saturated rings. The second kappa shape index (κ2) is 7.11. The minimum Gasteiger partial charge on any atom is -0.497 e. The Morgan fingerprint density at radius 3 is 2.52 bits per heavy atom. The van der Waals surface area contributed by atoms with Gasteiger partial charge >= 0.3 is 0 Å². The molecular formula is C15H20ClN3OS. The van der Waals surface area contributed by atoms with Gasteiger partial charge in [-0.05, 0) is 30.5 Å². The number of nitrogens with zero attached hydrogens (tertiary/aromatic N) is 2. The first kappa shape index (κ1) is 16.1. The van der Waals surface area contributed by atoms with E-state index in [4.69, 9.17) is 10.5 Å². The van der Waals surface area contributed by atoms with E-state index in [-0.39, 0.29) is 12.4 Å². The summed E-state index contributed by atoms with van der Waals surface area (Å²) >= 11 is 1.58. The van der Waals surface area contributed by atoms with E-state index in [1.165, 1.54) is 23.3 Å². The minimum atomic E-state index is 0. The molecule has 4 nitrogen and oxygen atoms in total. The van der Waals surface area contributed by atoms with Gasteiger partial charge < -0.3 is 10.5 Å². The molecule has 1 aromatic carbocycles. The molecule has 0 aliphatic heterocycles. The average Bonchev–Trinajstić information content (AvgIpc) is 3.23. The zero-order valence-electron chi connectivity index (χ0n) is 12.0. The van der Waals surface area contributed by atoms with Crippen LogP contribution in [0.15, 0.2) is 30.5 Å². The van der Waals surface area contributed by atoms with Crippen LogP contribution < -0.4 is 10.5 Å². The minimum absolute atomic E-state index is 0. The lowest BCUT2D eigenvalue weighted by Crippen LogP contribution is -2.24. The van der Waals surface area contributed by atoms with E-state index in [0.717, 1.165) is 18.8 Å². The van der Waals surface area contributed by atoms with Crippen molar-refractivity contribution in [3.05, 3.63) is 40.9 Å². The highest BCUT2D eigenvalue weighted by atomic mass is 35.5. The topological polar surface area (TPSA) is 51.4 Å². The van der Waals surface area contributed by atoms with E-state index < -0.39 is 0 Å². The van der Waals surface area contributed by atoms with Gasteiger partial charge in [0.1, 0.15) is 5.75 Å². The number of halogens is 1. The van der Waals surface area contributed by atoms with Crippen molar-refractivity contribution in [3.63, 3.8) is 0 Å². The first-order valence-corrected chi connectivity index (χ1v) is 7.63. The number of nitrogens with two attached hydrogens (primary N) is 1. The quantitative estimate of drug-likeness (QED) is 0.885. The van der Waals surface area contributed by atoms with Crippen LogP contribution in [0.5, 0.6) is 5.75 Å². The summed E-state index contributed by atoms with van der Waals surface area (Å²) in [5.41, 5.74) is 7.02. The Hall–Kier alpha value is -1.30.